The van der Waals surface area contributed by atoms with Gasteiger partial charge in [0, 0.05) is 31.2 Å². The maximum atomic E-state index is 12.3. The second-order valence-electron chi connectivity index (χ2n) is 6.87. The summed E-state index contributed by atoms with van der Waals surface area (Å²) in [4.78, 5) is 26.2. The number of aryl methyl sites for hydroxylation is 1. The van der Waals surface area contributed by atoms with Gasteiger partial charge in [0.2, 0.25) is 5.91 Å². The Labute approximate surface area is 159 Å². The van der Waals surface area contributed by atoms with E-state index in [-0.39, 0.29) is 17.9 Å². The van der Waals surface area contributed by atoms with E-state index >= 15 is 0 Å². The molecular weight excluding hydrogens is 344 g/mol. The highest BCUT2D eigenvalue weighted by atomic mass is 16.5. The minimum Gasteiger partial charge on any atom is -0.379 e. The molecule has 144 valence electrons. The maximum absolute atomic E-state index is 12.3. The molecule has 0 fully saturated rings. The Bertz CT molecular complexity index is 783. The number of ether oxygens (including phenoxy) is 1. The predicted octanol–water partition coefficient (Wildman–Crippen LogP) is 2.36. The van der Waals surface area contributed by atoms with E-state index in [9.17, 15) is 9.59 Å². The molecule has 3 rings (SSSR count). The van der Waals surface area contributed by atoms with E-state index in [4.69, 9.17) is 4.74 Å². The molecule has 0 atom stereocenters. The average molecular weight is 370 g/mol. The monoisotopic (exact) mass is 370 g/mol. The van der Waals surface area contributed by atoms with Crippen LogP contribution in [0.25, 0.3) is 0 Å². The molecule has 1 aromatic carbocycles. The van der Waals surface area contributed by atoms with Crippen molar-refractivity contribution >= 4 is 17.6 Å². The molecule has 1 aliphatic rings. The molecule has 7 nitrogen and oxygen atoms in total. The van der Waals surface area contributed by atoms with Crippen molar-refractivity contribution in [2.45, 2.75) is 45.9 Å². The maximum Gasteiger partial charge on any atom is 0.251 e. The number of carbonyl (C=O) groups excluding carboxylic acids is 2. The van der Waals surface area contributed by atoms with Gasteiger partial charge in [-0.2, -0.15) is 5.10 Å². The van der Waals surface area contributed by atoms with Crippen molar-refractivity contribution in [3.8, 4) is 0 Å². The zero-order valence-electron chi connectivity index (χ0n) is 15.9. The second-order valence-corrected chi connectivity index (χ2v) is 6.87. The zero-order valence-corrected chi connectivity index (χ0v) is 15.9. The smallest absolute Gasteiger partial charge is 0.251 e. The summed E-state index contributed by atoms with van der Waals surface area (Å²) in [6, 6.07) is 9.21. The van der Waals surface area contributed by atoms with Gasteiger partial charge >= 0.3 is 0 Å². The average Bonchev–Trinajstić information content (AvgIpc) is 3.13. The molecule has 0 saturated carbocycles. The fourth-order valence-corrected chi connectivity index (χ4v) is 3.00. The van der Waals surface area contributed by atoms with E-state index in [1.54, 1.807) is 23.2 Å². The molecule has 0 aliphatic carbocycles. The summed E-state index contributed by atoms with van der Waals surface area (Å²) in [5.74, 6) is 0.809. The number of hydrogen-bond acceptors (Lipinski definition) is 4. The van der Waals surface area contributed by atoms with Crippen LogP contribution in [0.4, 0.5) is 5.82 Å². The molecule has 2 amide bonds. The Morgan fingerprint density at radius 3 is 2.78 bits per heavy atom. The first-order chi connectivity index (χ1) is 13.0. The lowest BCUT2D eigenvalue weighted by Gasteiger charge is -2.27. The molecule has 0 unspecified atom stereocenters. The highest BCUT2D eigenvalue weighted by Gasteiger charge is 2.24. The van der Waals surface area contributed by atoms with Crippen molar-refractivity contribution < 1.29 is 14.3 Å². The lowest BCUT2D eigenvalue weighted by atomic mass is 10.1. The summed E-state index contributed by atoms with van der Waals surface area (Å²) in [6.45, 7) is 6.30. The van der Waals surface area contributed by atoms with Gasteiger partial charge in [0.1, 0.15) is 5.82 Å². The summed E-state index contributed by atoms with van der Waals surface area (Å²) >= 11 is 0. The number of nitrogens with one attached hydrogen (secondary N) is 1. The molecule has 0 spiro atoms. The van der Waals surface area contributed by atoms with Gasteiger partial charge in [-0.25, -0.2) is 4.68 Å². The summed E-state index contributed by atoms with van der Waals surface area (Å²) in [5.41, 5.74) is 1.58. The Morgan fingerprint density at radius 1 is 1.26 bits per heavy atom. The number of hydrogen-bond donors (Lipinski definition) is 1. The van der Waals surface area contributed by atoms with Gasteiger partial charge in [0.05, 0.1) is 25.4 Å². The van der Waals surface area contributed by atoms with Crippen LogP contribution in [-0.4, -0.2) is 40.9 Å². The van der Waals surface area contributed by atoms with Crippen molar-refractivity contribution in [1.29, 1.82) is 0 Å². The Balaban J connectivity index is 1.53. The first-order valence-electron chi connectivity index (χ1n) is 9.35. The van der Waals surface area contributed by atoms with Crippen LogP contribution < -0.4 is 10.2 Å². The standard InChI is InChI=1S/C20H26N4O3/c1-15(2)27-13-3-10-21-20(26)17-6-4-16(5-7-17)14-23-18-8-11-22-24(18)12-9-19(23)25/h4-8,11,15H,3,9-10,12-14H2,1-2H3,(H,21,26). The molecule has 1 aliphatic heterocycles. The summed E-state index contributed by atoms with van der Waals surface area (Å²) in [5, 5.41) is 7.13. The van der Waals surface area contributed by atoms with Crippen LogP contribution >= 0.6 is 0 Å². The lowest BCUT2D eigenvalue weighted by molar-refractivity contribution is -0.119. The number of fused-ring (bicyclic) bond motifs is 1. The van der Waals surface area contributed by atoms with Crippen molar-refractivity contribution in [3.63, 3.8) is 0 Å². The normalized spacial score (nSPS) is 13.7. The third-order valence-corrected chi connectivity index (χ3v) is 4.42. The van der Waals surface area contributed by atoms with Gasteiger partial charge in [0.25, 0.3) is 5.91 Å². The van der Waals surface area contributed by atoms with Crippen molar-refractivity contribution in [2.24, 2.45) is 0 Å². The Kier molecular flexibility index (Phi) is 6.24. The molecule has 27 heavy (non-hydrogen) atoms. The van der Waals surface area contributed by atoms with E-state index < -0.39 is 0 Å². The topological polar surface area (TPSA) is 76.5 Å². The molecule has 1 aromatic heterocycles. The number of anilines is 1. The van der Waals surface area contributed by atoms with Crippen molar-refractivity contribution in [2.75, 3.05) is 18.1 Å². The first-order valence-corrected chi connectivity index (χ1v) is 9.35. The van der Waals surface area contributed by atoms with E-state index in [2.05, 4.69) is 10.4 Å². The Morgan fingerprint density at radius 2 is 2.04 bits per heavy atom. The van der Waals surface area contributed by atoms with Gasteiger partial charge < -0.3 is 10.1 Å². The van der Waals surface area contributed by atoms with Crippen LogP contribution in [0.5, 0.6) is 0 Å². The lowest BCUT2D eigenvalue weighted by Crippen LogP contribution is -2.36. The predicted molar refractivity (Wildman–Crippen MR) is 103 cm³/mol. The molecule has 2 aromatic rings. The molecule has 1 N–H and O–H groups in total. The van der Waals surface area contributed by atoms with Crippen LogP contribution in [0, 0.1) is 0 Å². The van der Waals surface area contributed by atoms with Crippen LogP contribution in [-0.2, 0) is 22.6 Å². The van der Waals surface area contributed by atoms with Gasteiger partial charge in [-0.3, -0.25) is 14.5 Å². The number of benzene rings is 1. The molecule has 7 heteroatoms. The Hall–Kier alpha value is -2.67. The highest BCUT2D eigenvalue weighted by Crippen LogP contribution is 2.22. The van der Waals surface area contributed by atoms with E-state index in [1.807, 2.05) is 36.7 Å². The molecule has 0 radical (unpaired) electrons. The van der Waals surface area contributed by atoms with Crippen molar-refractivity contribution in [1.82, 2.24) is 15.1 Å². The van der Waals surface area contributed by atoms with Gasteiger partial charge in [0.15, 0.2) is 0 Å². The van der Waals surface area contributed by atoms with Crippen LogP contribution in [0.1, 0.15) is 42.6 Å². The summed E-state index contributed by atoms with van der Waals surface area (Å²) < 4.78 is 7.29. The van der Waals surface area contributed by atoms with E-state index in [1.165, 1.54) is 0 Å². The third-order valence-electron chi connectivity index (χ3n) is 4.42. The van der Waals surface area contributed by atoms with Gasteiger partial charge in [-0.05, 0) is 38.0 Å². The van der Waals surface area contributed by atoms with Crippen LogP contribution in [0.15, 0.2) is 36.5 Å². The van der Waals surface area contributed by atoms with Gasteiger partial charge in [-0.15, -0.1) is 0 Å². The number of carbonyl (C=O) groups is 2. The fraction of sp³-hybridized carbons (Fsp3) is 0.450. The number of rotatable bonds is 8. The van der Waals surface area contributed by atoms with Gasteiger partial charge in [-0.1, -0.05) is 12.1 Å². The minimum absolute atomic E-state index is 0.0911. The highest BCUT2D eigenvalue weighted by molar-refractivity contribution is 5.95. The van der Waals surface area contributed by atoms with Crippen molar-refractivity contribution in [3.05, 3.63) is 47.7 Å². The molecule has 2 heterocycles. The minimum atomic E-state index is -0.0989. The number of amides is 2. The molecular formula is C20H26N4O3. The summed E-state index contributed by atoms with van der Waals surface area (Å²) in [6.07, 6.45) is 3.15. The zero-order chi connectivity index (χ0) is 19.2. The third kappa shape index (κ3) is 4.95. The summed E-state index contributed by atoms with van der Waals surface area (Å²) in [7, 11) is 0. The van der Waals surface area contributed by atoms with E-state index in [0.29, 0.717) is 38.2 Å². The molecule has 0 bridgehead atoms. The first kappa shape index (κ1) is 19.1. The largest absolute Gasteiger partial charge is 0.379 e. The second kappa shape index (κ2) is 8.81. The number of aromatic nitrogens is 2. The van der Waals surface area contributed by atoms with Crippen LogP contribution in [0.2, 0.25) is 0 Å². The quantitative estimate of drug-likeness (QED) is 0.724. The SMILES string of the molecule is CC(C)OCCCNC(=O)c1ccc(CN2C(=O)CCn3nccc32)cc1. The fourth-order valence-electron chi connectivity index (χ4n) is 3.00. The molecule has 0 saturated heterocycles. The number of nitrogens with zero attached hydrogens (tertiary/aromatic N) is 3. The van der Waals surface area contributed by atoms with E-state index in [0.717, 1.165) is 17.8 Å². The van der Waals surface area contributed by atoms with Crippen LogP contribution in [0.3, 0.4) is 0 Å².